The van der Waals surface area contributed by atoms with Crippen molar-refractivity contribution >= 4 is 23.0 Å². The zero-order valence-corrected chi connectivity index (χ0v) is 13.6. The zero-order valence-electron chi connectivity index (χ0n) is 12.8. The average Bonchev–Trinajstić information content (AvgIpc) is 2.89. The lowest BCUT2D eigenvalue weighted by Crippen LogP contribution is -2.41. The normalized spacial score (nSPS) is 20.7. The molecule has 1 N–H and O–H groups in total. The maximum absolute atomic E-state index is 10.8. The van der Waals surface area contributed by atoms with Crippen molar-refractivity contribution < 1.29 is 4.92 Å². The molecule has 0 spiro atoms. The molecule has 1 aliphatic heterocycles. The number of nitrogens with one attached hydrogen (secondary N) is 1. The Labute approximate surface area is 140 Å². The van der Waals surface area contributed by atoms with Crippen molar-refractivity contribution in [1.82, 2.24) is 5.32 Å². The number of nitro groups is 1. The molecule has 1 heterocycles. The Morgan fingerprint density at radius 3 is 2.70 bits per heavy atom. The second-order valence-corrected chi connectivity index (χ2v) is 6.56. The first-order valence-corrected chi connectivity index (χ1v) is 7.82. The Balaban J connectivity index is 1.75. The van der Waals surface area contributed by atoms with Crippen LogP contribution in [-0.2, 0) is 6.42 Å². The molecule has 1 fully saturated rings. The molecule has 2 aromatic carbocycles. The van der Waals surface area contributed by atoms with Crippen molar-refractivity contribution in [2.75, 3.05) is 18.1 Å². The minimum Gasteiger partial charge on any atom is -0.356 e. The summed E-state index contributed by atoms with van der Waals surface area (Å²) in [4.78, 5) is 12.5. The van der Waals surface area contributed by atoms with Crippen LogP contribution in [0, 0.1) is 10.1 Å². The van der Waals surface area contributed by atoms with Gasteiger partial charge in [0.1, 0.15) is 0 Å². The molecule has 0 aliphatic carbocycles. The Bertz CT molecular complexity index is 723. The summed E-state index contributed by atoms with van der Waals surface area (Å²) in [6.45, 7) is 3.64. The second kappa shape index (κ2) is 6.18. The van der Waals surface area contributed by atoms with Gasteiger partial charge >= 0.3 is 0 Å². The Kier molecular flexibility index (Phi) is 4.24. The third kappa shape index (κ3) is 3.46. The molecule has 0 bridgehead atoms. The molecule has 0 unspecified atom stereocenters. The van der Waals surface area contributed by atoms with Gasteiger partial charge in [0.05, 0.1) is 22.3 Å². The molecule has 0 amide bonds. The standard InChI is InChI=1S/C17H18ClN3O2/c1-17(10-13-5-3-2-4-6-13)11-20(12-19-17)16-8-7-14(21(22)23)9-15(16)18/h2-9,19H,10-12H2,1H3/t17-/m0/s1. The molecule has 1 saturated heterocycles. The van der Waals surface area contributed by atoms with E-state index in [-0.39, 0.29) is 11.2 Å². The monoisotopic (exact) mass is 331 g/mol. The molecule has 5 nitrogen and oxygen atoms in total. The molecule has 6 heteroatoms. The minimum absolute atomic E-state index is 0.0120. The van der Waals surface area contributed by atoms with Crippen LogP contribution in [0.25, 0.3) is 0 Å². The highest BCUT2D eigenvalue weighted by atomic mass is 35.5. The largest absolute Gasteiger partial charge is 0.356 e. The van der Waals surface area contributed by atoms with E-state index in [1.807, 2.05) is 18.2 Å². The number of nitro benzene ring substituents is 1. The molecule has 0 radical (unpaired) electrons. The topological polar surface area (TPSA) is 58.4 Å². The number of hydrogen-bond donors (Lipinski definition) is 1. The van der Waals surface area contributed by atoms with Crippen LogP contribution < -0.4 is 10.2 Å². The SMILES string of the molecule is C[C@]1(Cc2ccccc2)CN(c2ccc([N+](=O)[O-])cc2Cl)CN1. The number of halogens is 1. The quantitative estimate of drug-likeness (QED) is 0.686. The highest BCUT2D eigenvalue weighted by Gasteiger charge is 2.34. The van der Waals surface area contributed by atoms with Crippen LogP contribution in [0.4, 0.5) is 11.4 Å². The van der Waals surface area contributed by atoms with Crippen molar-refractivity contribution in [1.29, 1.82) is 0 Å². The molecular formula is C17H18ClN3O2. The fourth-order valence-electron chi connectivity index (χ4n) is 3.02. The Morgan fingerprint density at radius 2 is 2.04 bits per heavy atom. The average molecular weight is 332 g/mol. The fraction of sp³-hybridized carbons (Fsp3) is 0.294. The van der Waals surface area contributed by atoms with Crippen LogP contribution in [-0.4, -0.2) is 23.7 Å². The van der Waals surface area contributed by atoms with Crippen molar-refractivity contribution in [2.45, 2.75) is 18.9 Å². The van der Waals surface area contributed by atoms with Crippen LogP contribution in [0.5, 0.6) is 0 Å². The third-order valence-corrected chi connectivity index (χ3v) is 4.46. The summed E-state index contributed by atoms with van der Waals surface area (Å²) < 4.78 is 0. The lowest BCUT2D eigenvalue weighted by molar-refractivity contribution is -0.384. The van der Waals surface area contributed by atoms with Gasteiger partial charge in [-0.15, -0.1) is 0 Å². The van der Waals surface area contributed by atoms with Crippen LogP contribution in [0.2, 0.25) is 5.02 Å². The predicted molar refractivity (Wildman–Crippen MR) is 92.0 cm³/mol. The van der Waals surface area contributed by atoms with E-state index in [0.29, 0.717) is 11.7 Å². The van der Waals surface area contributed by atoms with E-state index in [4.69, 9.17) is 11.6 Å². The predicted octanol–water partition coefficient (Wildman–Crippen LogP) is 3.62. The van der Waals surface area contributed by atoms with Crippen molar-refractivity contribution in [3.8, 4) is 0 Å². The fourth-order valence-corrected chi connectivity index (χ4v) is 3.31. The molecule has 120 valence electrons. The van der Waals surface area contributed by atoms with Crippen molar-refractivity contribution in [2.24, 2.45) is 0 Å². The second-order valence-electron chi connectivity index (χ2n) is 6.15. The summed E-state index contributed by atoms with van der Waals surface area (Å²) in [5.41, 5.74) is 2.05. The number of benzene rings is 2. The molecule has 0 saturated carbocycles. The summed E-state index contributed by atoms with van der Waals surface area (Å²) in [6.07, 6.45) is 0.912. The van der Waals surface area contributed by atoms with E-state index in [2.05, 4.69) is 29.3 Å². The molecule has 1 atom stereocenters. The van der Waals surface area contributed by atoms with Gasteiger partial charge in [0.15, 0.2) is 0 Å². The van der Waals surface area contributed by atoms with Gasteiger partial charge < -0.3 is 4.90 Å². The lowest BCUT2D eigenvalue weighted by atomic mass is 9.93. The van der Waals surface area contributed by atoms with Crippen LogP contribution in [0.3, 0.4) is 0 Å². The van der Waals surface area contributed by atoms with Crippen LogP contribution in [0.15, 0.2) is 48.5 Å². The maximum Gasteiger partial charge on any atom is 0.271 e. The number of non-ortho nitro benzene ring substituents is 1. The number of anilines is 1. The third-order valence-electron chi connectivity index (χ3n) is 4.16. The summed E-state index contributed by atoms with van der Waals surface area (Å²) in [5, 5.41) is 14.7. The van der Waals surface area contributed by atoms with E-state index in [9.17, 15) is 10.1 Å². The van der Waals surface area contributed by atoms with Gasteiger partial charge in [-0.2, -0.15) is 0 Å². The van der Waals surface area contributed by atoms with Crippen LogP contribution >= 0.6 is 11.6 Å². The zero-order chi connectivity index (χ0) is 16.4. The van der Waals surface area contributed by atoms with E-state index < -0.39 is 4.92 Å². The molecule has 2 aromatic rings. The first-order valence-electron chi connectivity index (χ1n) is 7.45. The summed E-state index contributed by atoms with van der Waals surface area (Å²) in [7, 11) is 0. The first-order chi connectivity index (χ1) is 11.0. The number of rotatable bonds is 4. The van der Waals surface area contributed by atoms with E-state index in [1.165, 1.54) is 17.7 Å². The molecule has 3 rings (SSSR count). The first kappa shape index (κ1) is 15.8. The lowest BCUT2D eigenvalue weighted by Gasteiger charge is -2.25. The van der Waals surface area contributed by atoms with Gasteiger partial charge in [-0.25, -0.2) is 0 Å². The molecular weight excluding hydrogens is 314 g/mol. The molecule has 0 aromatic heterocycles. The summed E-state index contributed by atoms with van der Waals surface area (Å²) in [6, 6.07) is 14.9. The molecule has 1 aliphatic rings. The molecule has 23 heavy (non-hydrogen) atoms. The van der Waals surface area contributed by atoms with E-state index in [1.54, 1.807) is 6.07 Å². The highest BCUT2D eigenvalue weighted by molar-refractivity contribution is 6.33. The number of nitrogens with zero attached hydrogens (tertiary/aromatic N) is 2. The van der Waals surface area contributed by atoms with Crippen molar-refractivity contribution in [3.63, 3.8) is 0 Å². The van der Waals surface area contributed by atoms with E-state index >= 15 is 0 Å². The summed E-state index contributed by atoms with van der Waals surface area (Å²) in [5.74, 6) is 0. The van der Waals surface area contributed by atoms with Crippen LogP contribution in [0.1, 0.15) is 12.5 Å². The minimum atomic E-state index is -0.433. The highest BCUT2D eigenvalue weighted by Crippen LogP contribution is 2.32. The van der Waals surface area contributed by atoms with Crippen molar-refractivity contribution in [3.05, 3.63) is 69.2 Å². The van der Waals surface area contributed by atoms with Gasteiger partial charge in [0.2, 0.25) is 0 Å². The summed E-state index contributed by atoms with van der Waals surface area (Å²) >= 11 is 6.23. The van der Waals surface area contributed by atoms with Gasteiger partial charge in [0.25, 0.3) is 5.69 Å². The van der Waals surface area contributed by atoms with Gasteiger partial charge in [0, 0.05) is 24.2 Å². The Morgan fingerprint density at radius 1 is 1.30 bits per heavy atom. The maximum atomic E-state index is 10.8. The smallest absolute Gasteiger partial charge is 0.271 e. The number of hydrogen-bond acceptors (Lipinski definition) is 4. The Hall–Kier alpha value is -2.11. The van der Waals surface area contributed by atoms with Gasteiger partial charge in [-0.3, -0.25) is 15.4 Å². The van der Waals surface area contributed by atoms with E-state index in [0.717, 1.165) is 18.7 Å². The van der Waals surface area contributed by atoms with Gasteiger partial charge in [-0.1, -0.05) is 41.9 Å². The van der Waals surface area contributed by atoms with Gasteiger partial charge in [-0.05, 0) is 25.0 Å².